The van der Waals surface area contributed by atoms with Gasteiger partial charge in [-0.25, -0.2) is 4.79 Å². The average molecular weight is 296 g/mol. The highest BCUT2D eigenvalue weighted by molar-refractivity contribution is 7.99. The first kappa shape index (κ1) is 15.2. The van der Waals surface area contributed by atoms with E-state index in [1.807, 2.05) is 24.9 Å². The smallest absolute Gasteiger partial charge is 0.319 e. The van der Waals surface area contributed by atoms with Gasteiger partial charge in [0.15, 0.2) is 0 Å². The molecule has 0 bridgehead atoms. The van der Waals surface area contributed by atoms with Crippen LogP contribution in [0.25, 0.3) is 0 Å². The quantitative estimate of drug-likeness (QED) is 0.878. The molecule has 0 aromatic carbocycles. The summed E-state index contributed by atoms with van der Waals surface area (Å²) >= 11 is 1.96. The molecule has 1 fully saturated rings. The highest BCUT2D eigenvalue weighted by Gasteiger charge is 2.26. The number of rotatable bonds is 5. The van der Waals surface area contributed by atoms with Crippen molar-refractivity contribution in [1.29, 1.82) is 0 Å². The van der Waals surface area contributed by atoms with Crippen molar-refractivity contribution in [1.82, 2.24) is 15.1 Å². The van der Waals surface area contributed by atoms with Crippen LogP contribution in [0.5, 0.6) is 0 Å². The lowest BCUT2D eigenvalue weighted by atomic mass is 9.95. The first-order chi connectivity index (χ1) is 9.72. The number of carbonyl (C=O) groups is 1. The van der Waals surface area contributed by atoms with E-state index in [-0.39, 0.29) is 12.1 Å². The maximum Gasteiger partial charge on any atom is 0.319 e. The van der Waals surface area contributed by atoms with Crippen molar-refractivity contribution in [2.45, 2.75) is 57.4 Å². The summed E-state index contributed by atoms with van der Waals surface area (Å²) in [6.07, 6.45) is 8.30. The van der Waals surface area contributed by atoms with E-state index in [1.165, 1.54) is 19.3 Å². The molecule has 1 aromatic heterocycles. The molecular weight excluding hydrogens is 272 g/mol. The Kier molecular flexibility index (Phi) is 5.76. The molecule has 2 N–H and O–H groups in total. The Balaban J connectivity index is 1.85. The molecule has 2 atom stereocenters. The van der Waals surface area contributed by atoms with Gasteiger partial charge in [-0.1, -0.05) is 19.8 Å². The summed E-state index contributed by atoms with van der Waals surface area (Å²) in [6, 6.07) is 0.171. The number of aryl methyl sites for hydroxylation is 1. The summed E-state index contributed by atoms with van der Waals surface area (Å²) in [7, 11) is 0. The first-order valence-corrected chi connectivity index (χ1v) is 8.49. The molecule has 1 aromatic rings. The molecule has 1 heterocycles. The lowest BCUT2D eigenvalue weighted by Gasteiger charge is -2.31. The maximum atomic E-state index is 12.1. The minimum absolute atomic E-state index is 0.116. The molecule has 0 spiro atoms. The van der Waals surface area contributed by atoms with Gasteiger partial charge in [-0.15, -0.1) is 0 Å². The zero-order valence-corrected chi connectivity index (χ0v) is 13.1. The number of amides is 2. The first-order valence-electron chi connectivity index (χ1n) is 7.44. The number of hydrogen-bond donors (Lipinski definition) is 2. The van der Waals surface area contributed by atoms with Gasteiger partial charge in [0.25, 0.3) is 0 Å². The number of urea groups is 1. The predicted octanol–water partition coefficient (Wildman–Crippen LogP) is 3.09. The SMILES string of the molecule is CCS[C@H]1CCCC[C@@H]1NC(=O)Nc1cnn(CC)c1. The summed E-state index contributed by atoms with van der Waals surface area (Å²) < 4.78 is 1.80. The number of carbonyl (C=O) groups excluding carboxylic acids is 1. The van der Waals surface area contributed by atoms with Gasteiger partial charge in [-0.2, -0.15) is 16.9 Å². The van der Waals surface area contributed by atoms with Crippen LogP contribution in [0.3, 0.4) is 0 Å². The second-order valence-corrected chi connectivity index (χ2v) is 6.58. The van der Waals surface area contributed by atoms with Crippen LogP contribution in [-0.4, -0.2) is 32.9 Å². The molecule has 2 amide bonds. The van der Waals surface area contributed by atoms with Crippen molar-refractivity contribution in [2.24, 2.45) is 0 Å². The van der Waals surface area contributed by atoms with Crippen molar-refractivity contribution in [3.63, 3.8) is 0 Å². The third-order valence-corrected chi connectivity index (χ3v) is 4.94. The molecule has 1 saturated carbocycles. The van der Waals surface area contributed by atoms with Gasteiger partial charge in [-0.3, -0.25) is 4.68 Å². The lowest BCUT2D eigenvalue weighted by Crippen LogP contribution is -2.45. The molecule has 1 aliphatic rings. The second kappa shape index (κ2) is 7.57. The molecular formula is C14H24N4OS. The fourth-order valence-electron chi connectivity index (χ4n) is 2.61. The molecule has 6 heteroatoms. The van der Waals surface area contributed by atoms with Crippen LogP contribution in [-0.2, 0) is 6.54 Å². The van der Waals surface area contributed by atoms with E-state index in [0.717, 1.165) is 24.4 Å². The van der Waals surface area contributed by atoms with Crippen molar-refractivity contribution in [3.8, 4) is 0 Å². The molecule has 20 heavy (non-hydrogen) atoms. The Hall–Kier alpha value is -1.17. The number of nitrogens with one attached hydrogen (secondary N) is 2. The van der Waals surface area contributed by atoms with Crippen molar-refractivity contribution >= 4 is 23.5 Å². The number of anilines is 1. The van der Waals surface area contributed by atoms with Crippen LogP contribution < -0.4 is 10.6 Å². The van der Waals surface area contributed by atoms with Gasteiger partial charge in [0, 0.05) is 24.0 Å². The van der Waals surface area contributed by atoms with E-state index in [1.54, 1.807) is 10.9 Å². The maximum absolute atomic E-state index is 12.1. The summed E-state index contributed by atoms with van der Waals surface area (Å²) in [6.45, 7) is 5.00. The Labute approximate surface area is 124 Å². The Morgan fingerprint density at radius 3 is 2.95 bits per heavy atom. The summed E-state index contributed by atoms with van der Waals surface area (Å²) in [5.41, 5.74) is 0.750. The van der Waals surface area contributed by atoms with E-state index >= 15 is 0 Å². The van der Waals surface area contributed by atoms with Gasteiger partial charge >= 0.3 is 6.03 Å². The summed E-state index contributed by atoms with van der Waals surface area (Å²) in [4.78, 5) is 12.1. The largest absolute Gasteiger partial charge is 0.334 e. The van der Waals surface area contributed by atoms with Gasteiger partial charge in [0.05, 0.1) is 11.9 Å². The number of thioether (sulfide) groups is 1. The molecule has 2 rings (SSSR count). The Morgan fingerprint density at radius 1 is 1.45 bits per heavy atom. The van der Waals surface area contributed by atoms with Crippen LogP contribution in [0.1, 0.15) is 39.5 Å². The van der Waals surface area contributed by atoms with Crippen LogP contribution in [0, 0.1) is 0 Å². The summed E-state index contributed by atoms with van der Waals surface area (Å²) in [5, 5.41) is 10.7. The standard InChI is InChI=1S/C14H24N4OS/c1-3-18-10-11(9-15-18)16-14(19)17-12-7-5-6-8-13(12)20-4-2/h9-10,12-13H,3-8H2,1-2H3,(H2,16,17,19)/t12-,13-/m0/s1. The van der Waals surface area contributed by atoms with E-state index in [9.17, 15) is 4.79 Å². The number of nitrogens with zero attached hydrogens (tertiary/aromatic N) is 2. The molecule has 0 aliphatic heterocycles. The minimum Gasteiger partial charge on any atom is -0.334 e. The Morgan fingerprint density at radius 2 is 2.25 bits per heavy atom. The van der Waals surface area contributed by atoms with Gasteiger partial charge < -0.3 is 10.6 Å². The molecule has 112 valence electrons. The zero-order valence-electron chi connectivity index (χ0n) is 12.3. The lowest BCUT2D eigenvalue weighted by molar-refractivity contribution is 0.245. The highest BCUT2D eigenvalue weighted by Crippen LogP contribution is 2.28. The third-order valence-electron chi connectivity index (χ3n) is 3.61. The summed E-state index contributed by atoms with van der Waals surface area (Å²) in [5.74, 6) is 1.10. The number of aromatic nitrogens is 2. The third kappa shape index (κ3) is 4.16. The topological polar surface area (TPSA) is 59.0 Å². The van der Waals surface area contributed by atoms with Gasteiger partial charge in [0.1, 0.15) is 0 Å². The van der Waals surface area contributed by atoms with Crippen LogP contribution in [0.15, 0.2) is 12.4 Å². The molecule has 1 aliphatic carbocycles. The number of hydrogen-bond acceptors (Lipinski definition) is 3. The van der Waals surface area contributed by atoms with Crippen LogP contribution in [0.2, 0.25) is 0 Å². The Bertz CT molecular complexity index is 433. The second-order valence-electron chi connectivity index (χ2n) is 5.07. The van der Waals surface area contributed by atoms with Crippen molar-refractivity contribution in [2.75, 3.05) is 11.1 Å². The van der Waals surface area contributed by atoms with E-state index in [2.05, 4.69) is 22.7 Å². The molecule has 5 nitrogen and oxygen atoms in total. The van der Waals surface area contributed by atoms with Crippen LogP contribution >= 0.6 is 11.8 Å². The van der Waals surface area contributed by atoms with E-state index in [4.69, 9.17) is 0 Å². The average Bonchev–Trinajstić information content (AvgIpc) is 2.89. The molecule has 0 unspecified atom stereocenters. The fourth-order valence-corrected chi connectivity index (χ4v) is 3.81. The zero-order chi connectivity index (χ0) is 14.4. The minimum atomic E-state index is -0.116. The predicted molar refractivity (Wildman–Crippen MR) is 84.2 cm³/mol. The van der Waals surface area contributed by atoms with Gasteiger partial charge in [0.2, 0.25) is 0 Å². The van der Waals surface area contributed by atoms with Gasteiger partial charge in [-0.05, 0) is 25.5 Å². The van der Waals surface area contributed by atoms with E-state index < -0.39 is 0 Å². The molecule has 0 radical (unpaired) electrons. The highest BCUT2D eigenvalue weighted by atomic mass is 32.2. The van der Waals surface area contributed by atoms with Crippen LogP contribution in [0.4, 0.5) is 10.5 Å². The fraction of sp³-hybridized carbons (Fsp3) is 0.714. The van der Waals surface area contributed by atoms with Crippen molar-refractivity contribution in [3.05, 3.63) is 12.4 Å². The van der Waals surface area contributed by atoms with Crippen molar-refractivity contribution < 1.29 is 4.79 Å². The normalized spacial score (nSPS) is 22.5. The molecule has 0 saturated heterocycles. The van der Waals surface area contributed by atoms with E-state index in [0.29, 0.717) is 5.25 Å². The monoisotopic (exact) mass is 296 g/mol.